The highest BCUT2D eigenvalue weighted by Gasteiger charge is 2.23. The summed E-state index contributed by atoms with van der Waals surface area (Å²) < 4.78 is 28.7. The van der Waals surface area contributed by atoms with Crippen LogP contribution in [-0.4, -0.2) is 19.1 Å². The third-order valence-corrected chi connectivity index (χ3v) is 6.70. The lowest BCUT2D eigenvalue weighted by atomic mass is 10.1. The zero-order chi connectivity index (χ0) is 21.9. The molecule has 0 atom stereocenters. The minimum atomic E-state index is -4.12. The van der Waals surface area contributed by atoms with E-state index >= 15 is 0 Å². The highest BCUT2D eigenvalue weighted by molar-refractivity contribution is 7.92. The first-order valence-electron chi connectivity index (χ1n) is 8.90. The van der Waals surface area contributed by atoms with Gasteiger partial charge in [0, 0.05) is 17.0 Å². The highest BCUT2D eigenvalue weighted by atomic mass is 32.2. The van der Waals surface area contributed by atoms with Crippen LogP contribution in [0.3, 0.4) is 0 Å². The number of anilines is 2. The van der Waals surface area contributed by atoms with Crippen molar-refractivity contribution in [1.29, 1.82) is 0 Å². The van der Waals surface area contributed by atoms with Gasteiger partial charge in [-0.05, 0) is 49.9 Å². The van der Waals surface area contributed by atoms with Crippen molar-refractivity contribution in [2.75, 3.05) is 10.1 Å². The molecule has 8 nitrogen and oxygen atoms in total. The van der Waals surface area contributed by atoms with E-state index in [4.69, 9.17) is 0 Å². The van der Waals surface area contributed by atoms with Crippen LogP contribution in [0.2, 0.25) is 0 Å². The molecule has 0 saturated heterocycles. The molecule has 2 N–H and O–H groups in total. The Morgan fingerprint density at radius 2 is 1.83 bits per heavy atom. The number of hydrazone groups is 1. The molecule has 0 radical (unpaired) electrons. The number of hydrogen-bond donors (Lipinski definition) is 2. The molecule has 0 amide bonds. The summed E-state index contributed by atoms with van der Waals surface area (Å²) in [5, 5.41) is 17.4. The number of nitrogens with one attached hydrogen (secondary N) is 2. The Morgan fingerprint density at radius 1 is 1.10 bits per heavy atom. The van der Waals surface area contributed by atoms with Crippen LogP contribution in [-0.2, 0) is 10.0 Å². The van der Waals surface area contributed by atoms with Gasteiger partial charge in [-0.2, -0.15) is 5.10 Å². The van der Waals surface area contributed by atoms with Crippen molar-refractivity contribution in [2.45, 2.75) is 25.7 Å². The third-order valence-electron chi connectivity index (χ3n) is 4.31. The first-order chi connectivity index (χ1) is 14.2. The van der Waals surface area contributed by atoms with E-state index in [-0.39, 0.29) is 16.3 Å². The van der Waals surface area contributed by atoms with Crippen LogP contribution < -0.4 is 10.1 Å². The van der Waals surface area contributed by atoms with Gasteiger partial charge in [-0.1, -0.05) is 23.8 Å². The van der Waals surface area contributed by atoms with Crippen molar-refractivity contribution in [1.82, 2.24) is 0 Å². The molecule has 2 aromatic carbocycles. The zero-order valence-corrected chi connectivity index (χ0v) is 18.2. The topological polar surface area (TPSA) is 114 Å². The van der Waals surface area contributed by atoms with Crippen LogP contribution in [0.5, 0.6) is 0 Å². The molecule has 3 aromatic rings. The van der Waals surface area contributed by atoms with Crippen LogP contribution in [0, 0.1) is 24.0 Å². The van der Waals surface area contributed by atoms with Crippen molar-refractivity contribution in [2.24, 2.45) is 5.10 Å². The number of sulfonamides is 1. The lowest BCUT2D eigenvalue weighted by Gasteiger charge is -2.14. The van der Waals surface area contributed by atoms with Gasteiger partial charge in [0.2, 0.25) is 0 Å². The van der Waals surface area contributed by atoms with Crippen LogP contribution in [0.25, 0.3) is 0 Å². The Morgan fingerprint density at radius 3 is 2.47 bits per heavy atom. The number of nitrogens with zero attached hydrogens (tertiary/aromatic N) is 2. The van der Waals surface area contributed by atoms with Crippen molar-refractivity contribution in [3.05, 3.63) is 80.0 Å². The largest absolute Gasteiger partial charge is 0.279 e. The second-order valence-corrected chi connectivity index (χ2v) is 9.25. The quantitative estimate of drug-likeness (QED) is 0.305. The van der Waals surface area contributed by atoms with E-state index < -0.39 is 14.9 Å². The van der Waals surface area contributed by atoms with Crippen molar-refractivity contribution in [3.63, 3.8) is 0 Å². The number of non-ortho nitro benzene ring substituents is 1. The molecule has 0 spiro atoms. The van der Waals surface area contributed by atoms with Crippen LogP contribution >= 0.6 is 11.3 Å². The molecule has 0 aliphatic heterocycles. The van der Waals surface area contributed by atoms with Crippen LogP contribution in [0.15, 0.2) is 63.9 Å². The van der Waals surface area contributed by atoms with Crippen molar-refractivity contribution >= 4 is 44.1 Å². The van der Waals surface area contributed by atoms with E-state index in [1.807, 2.05) is 30.5 Å². The summed E-state index contributed by atoms with van der Waals surface area (Å²) in [6, 6.07) is 12.6. The number of benzene rings is 2. The predicted molar refractivity (Wildman–Crippen MR) is 120 cm³/mol. The average Bonchev–Trinajstić information content (AvgIpc) is 3.23. The fraction of sp³-hybridized carbons (Fsp3) is 0.150. The Kier molecular flexibility index (Phi) is 6.18. The molecule has 0 fully saturated rings. The molecule has 3 rings (SSSR count). The summed E-state index contributed by atoms with van der Waals surface area (Å²) in [5.41, 5.74) is 5.33. The van der Waals surface area contributed by atoms with E-state index in [0.717, 1.165) is 22.1 Å². The van der Waals surface area contributed by atoms with Gasteiger partial charge in [0.1, 0.15) is 4.90 Å². The van der Waals surface area contributed by atoms with E-state index in [9.17, 15) is 18.5 Å². The zero-order valence-electron chi connectivity index (χ0n) is 16.5. The van der Waals surface area contributed by atoms with Crippen LogP contribution in [0.4, 0.5) is 17.1 Å². The molecular formula is C20H20N4O4S2. The molecule has 30 heavy (non-hydrogen) atoms. The van der Waals surface area contributed by atoms with Gasteiger partial charge < -0.3 is 0 Å². The summed E-state index contributed by atoms with van der Waals surface area (Å²) in [4.78, 5) is 11.2. The molecule has 0 aliphatic carbocycles. The van der Waals surface area contributed by atoms with E-state index in [1.165, 1.54) is 23.5 Å². The molecule has 156 valence electrons. The van der Waals surface area contributed by atoms with E-state index in [1.54, 1.807) is 26.0 Å². The molecule has 0 unspecified atom stereocenters. The van der Waals surface area contributed by atoms with Crippen LogP contribution in [0.1, 0.15) is 22.9 Å². The number of rotatable bonds is 7. The minimum absolute atomic E-state index is 0.133. The minimum Gasteiger partial charge on any atom is -0.279 e. The van der Waals surface area contributed by atoms with Gasteiger partial charge in [0.05, 0.1) is 22.0 Å². The summed E-state index contributed by atoms with van der Waals surface area (Å²) >= 11 is 1.50. The Hall–Kier alpha value is -3.24. The molecule has 0 bridgehead atoms. The van der Waals surface area contributed by atoms with E-state index in [0.29, 0.717) is 11.4 Å². The number of nitro groups is 1. The van der Waals surface area contributed by atoms with Gasteiger partial charge in [0.15, 0.2) is 0 Å². The monoisotopic (exact) mass is 444 g/mol. The van der Waals surface area contributed by atoms with Gasteiger partial charge in [-0.25, -0.2) is 8.42 Å². The average molecular weight is 445 g/mol. The summed E-state index contributed by atoms with van der Waals surface area (Å²) in [7, 11) is -4.12. The number of aryl methyl sites for hydroxylation is 2. The number of nitro benzene ring substituents is 1. The second kappa shape index (κ2) is 8.64. The van der Waals surface area contributed by atoms with Gasteiger partial charge in [-0.15, -0.1) is 11.3 Å². The van der Waals surface area contributed by atoms with Gasteiger partial charge in [-0.3, -0.25) is 20.3 Å². The normalized spacial score (nSPS) is 11.9. The van der Waals surface area contributed by atoms with Crippen molar-refractivity contribution in [3.8, 4) is 0 Å². The maximum absolute atomic E-state index is 13.1. The highest BCUT2D eigenvalue weighted by Crippen LogP contribution is 2.29. The molecule has 1 aromatic heterocycles. The standard InChI is InChI=1S/C20H20N4O4S2/c1-13-6-8-17(14(2)11-13)23-30(27,28)20-12-16(24(25)26)7-9-18(20)22-21-15(3)19-5-4-10-29-19/h4-12,22-23H,1-3H3/b21-15+. The Labute approximate surface area is 178 Å². The van der Waals surface area contributed by atoms with Gasteiger partial charge in [0.25, 0.3) is 15.7 Å². The maximum atomic E-state index is 13.1. The lowest BCUT2D eigenvalue weighted by molar-refractivity contribution is -0.385. The fourth-order valence-electron chi connectivity index (χ4n) is 2.75. The Bertz CT molecular complexity index is 1220. The third kappa shape index (κ3) is 4.84. The maximum Gasteiger partial charge on any atom is 0.270 e. The fourth-order valence-corrected chi connectivity index (χ4v) is 4.74. The second-order valence-electron chi connectivity index (χ2n) is 6.65. The molecule has 10 heteroatoms. The number of thiophene rings is 1. The molecule has 0 aliphatic rings. The summed E-state index contributed by atoms with van der Waals surface area (Å²) in [6.45, 7) is 5.47. The molecule has 1 heterocycles. The first kappa shape index (κ1) is 21.5. The van der Waals surface area contributed by atoms with E-state index in [2.05, 4.69) is 15.2 Å². The Balaban J connectivity index is 2.01. The van der Waals surface area contributed by atoms with Gasteiger partial charge >= 0.3 is 0 Å². The molecular weight excluding hydrogens is 424 g/mol. The van der Waals surface area contributed by atoms with Crippen molar-refractivity contribution < 1.29 is 13.3 Å². The SMILES string of the molecule is C/C(=N\Nc1ccc([N+](=O)[O-])cc1S(=O)(=O)Nc1ccc(C)cc1C)c1cccs1. The molecule has 0 saturated carbocycles. The number of hydrogen-bond acceptors (Lipinski definition) is 7. The summed E-state index contributed by atoms with van der Waals surface area (Å²) in [5.74, 6) is 0. The lowest BCUT2D eigenvalue weighted by Crippen LogP contribution is -2.16. The smallest absolute Gasteiger partial charge is 0.270 e. The predicted octanol–water partition coefficient (Wildman–Crippen LogP) is 4.91. The first-order valence-corrected chi connectivity index (χ1v) is 11.3. The summed E-state index contributed by atoms with van der Waals surface area (Å²) in [6.07, 6.45) is 0.